The first-order valence-electron chi connectivity index (χ1n) is 11.6. The molecule has 1 N–H and O–H groups in total. The van der Waals surface area contributed by atoms with Crippen molar-refractivity contribution < 1.29 is 9.53 Å². The number of carbonyl (C=O) groups is 1. The molecule has 0 saturated carbocycles. The maximum Gasteiger partial charge on any atom is 0.275 e. The van der Waals surface area contributed by atoms with Gasteiger partial charge in [0.25, 0.3) is 5.91 Å². The molecular formula is C26H30N6O2. The fraction of sp³-hybridized carbons (Fsp3) is 0.346. The standard InChI is InChI=1S/C26H30N6O2/c1-18-5-6-20(29-25(33)22-16-32(17-28-22)26(2,3)4)14-21(18)19-13-23(30-9-11-34-12-10-30)24-27-7-8-31(24)15-19/h5-8,13-17H,9-12H2,1-4H3,(H,29,33). The molecule has 0 bridgehead atoms. The zero-order valence-electron chi connectivity index (χ0n) is 20.1. The van der Waals surface area contributed by atoms with E-state index in [1.807, 2.05) is 35.2 Å². The number of hydrogen-bond acceptors (Lipinski definition) is 5. The molecule has 8 nitrogen and oxygen atoms in total. The average Bonchev–Trinajstić information content (AvgIpc) is 3.50. The summed E-state index contributed by atoms with van der Waals surface area (Å²) < 4.78 is 9.54. The van der Waals surface area contributed by atoms with Crippen molar-refractivity contribution in [2.45, 2.75) is 33.2 Å². The van der Waals surface area contributed by atoms with Crippen LogP contribution in [0.15, 0.2) is 55.4 Å². The first kappa shape index (κ1) is 22.2. The molecule has 4 heterocycles. The highest BCUT2D eigenvalue weighted by Gasteiger charge is 2.19. The molecular weight excluding hydrogens is 428 g/mol. The quantitative estimate of drug-likeness (QED) is 0.492. The number of amides is 1. The predicted octanol–water partition coefficient (Wildman–Crippen LogP) is 4.35. The number of aryl methyl sites for hydroxylation is 1. The number of ether oxygens (including phenoxy) is 1. The van der Waals surface area contributed by atoms with Gasteiger partial charge in [-0.15, -0.1) is 0 Å². The lowest BCUT2D eigenvalue weighted by Crippen LogP contribution is -2.36. The predicted molar refractivity (Wildman–Crippen MR) is 134 cm³/mol. The normalized spacial score (nSPS) is 14.5. The number of carbonyl (C=O) groups excluding carboxylic acids is 1. The van der Waals surface area contributed by atoms with Crippen LogP contribution in [0.25, 0.3) is 16.8 Å². The Balaban J connectivity index is 1.47. The number of nitrogens with zero attached hydrogens (tertiary/aromatic N) is 5. The van der Waals surface area contributed by atoms with Crippen molar-refractivity contribution in [3.8, 4) is 11.1 Å². The smallest absolute Gasteiger partial charge is 0.275 e. The number of hydrogen-bond donors (Lipinski definition) is 1. The van der Waals surface area contributed by atoms with Crippen LogP contribution in [0.5, 0.6) is 0 Å². The Morgan fingerprint density at radius 2 is 1.88 bits per heavy atom. The maximum absolute atomic E-state index is 12.9. The molecule has 1 aromatic carbocycles. The van der Waals surface area contributed by atoms with Crippen molar-refractivity contribution in [1.82, 2.24) is 18.9 Å². The van der Waals surface area contributed by atoms with E-state index in [0.29, 0.717) is 18.9 Å². The van der Waals surface area contributed by atoms with E-state index in [-0.39, 0.29) is 11.4 Å². The van der Waals surface area contributed by atoms with Crippen LogP contribution in [-0.2, 0) is 10.3 Å². The Hall–Kier alpha value is -3.65. The molecule has 0 unspecified atom stereocenters. The van der Waals surface area contributed by atoms with Gasteiger partial charge in [-0.05, 0) is 57.0 Å². The third-order valence-corrected chi connectivity index (χ3v) is 6.22. The second kappa shape index (κ2) is 8.61. The van der Waals surface area contributed by atoms with Crippen LogP contribution in [0.4, 0.5) is 11.4 Å². The molecule has 4 aromatic rings. The van der Waals surface area contributed by atoms with Crippen LogP contribution in [0.3, 0.4) is 0 Å². The third-order valence-electron chi connectivity index (χ3n) is 6.22. The molecule has 1 aliphatic heterocycles. The van der Waals surface area contributed by atoms with Gasteiger partial charge >= 0.3 is 0 Å². The zero-order valence-corrected chi connectivity index (χ0v) is 20.1. The van der Waals surface area contributed by atoms with Gasteiger partial charge in [-0.3, -0.25) is 4.79 Å². The average molecular weight is 459 g/mol. The monoisotopic (exact) mass is 458 g/mol. The Kier molecular flexibility index (Phi) is 5.61. The van der Waals surface area contributed by atoms with Gasteiger partial charge in [0, 0.05) is 54.7 Å². The topological polar surface area (TPSA) is 76.7 Å². The maximum atomic E-state index is 12.9. The molecule has 1 aliphatic rings. The summed E-state index contributed by atoms with van der Waals surface area (Å²) in [6, 6.07) is 8.17. The summed E-state index contributed by atoms with van der Waals surface area (Å²) in [7, 11) is 0. The minimum Gasteiger partial charge on any atom is -0.378 e. The van der Waals surface area contributed by atoms with Crippen LogP contribution in [-0.4, -0.2) is 51.1 Å². The van der Waals surface area contributed by atoms with Gasteiger partial charge in [0.05, 0.1) is 25.2 Å². The van der Waals surface area contributed by atoms with E-state index < -0.39 is 0 Å². The summed E-state index contributed by atoms with van der Waals surface area (Å²) in [6.07, 6.45) is 9.36. The molecule has 3 aromatic heterocycles. The Labute approximate surface area is 199 Å². The molecule has 0 atom stereocenters. The van der Waals surface area contributed by atoms with Crippen molar-refractivity contribution in [3.63, 3.8) is 0 Å². The van der Waals surface area contributed by atoms with E-state index >= 15 is 0 Å². The highest BCUT2D eigenvalue weighted by molar-refractivity contribution is 6.03. The number of fused-ring (bicyclic) bond motifs is 1. The molecule has 1 fully saturated rings. The molecule has 176 valence electrons. The van der Waals surface area contributed by atoms with Crippen LogP contribution in [0.2, 0.25) is 0 Å². The van der Waals surface area contributed by atoms with E-state index in [1.165, 1.54) is 0 Å². The Morgan fingerprint density at radius 3 is 2.62 bits per heavy atom. The molecule has 0 spiro atoms. The van der Waals surface area contributed by atoms with Gasteiger partial charge < -0.3 is 23.9 Å². The Morgan fingerprint density at radius 1 is 1.09 bits per heavy atom. The number of pyridine rings is 1. The van der Waals surface area contributed by atoms with Gasteiger partial charge in [0.15, 0.2) is 5.65 Å². The minimum absolute atomic E-state index is 0.132. The van der Waals surface area contributed by atoms with Crippen LogP contribution >= 0.6 is 0 Å². The van der Waals surface area contributed by atoms with Crippen molar-refractivity contribution in [1.29, 1.82) is 0 Å². The molecule has 1 amide bonds. The lowest BCUT2D eigenvalue weighted by atomic mass is 10.0. The summed E-state index contributed by atoms with van der Waals surface area (Å²) in [5.41, 5.74) is 6.27. The molecule has 1 saturated heterocycles. The Bertz CT molecular complexity index is 1340. The molecule has 34 heavy (non-hydrogen) atoms. The van der Waals surface area contributed by atoms with Crippen molar-refractivity contribution >= 4 is 22.9 Å². The number of nitrogens with one attached hydrogen (secondary N) is 1. The van der Waals surface area contributed by atoms with Gasteiger partial charge in [-0.1, -0.05) is 6.07 Å². The number of anilines is 2. The fourth-order valence-corrected chi connectivity index (χ4v) is 4.21. The molecule has 8 heteroatoms. The molecule has 0 radical (unpaired) electrons. The number of morpholine rings is 1. The van der Waals surface area contributed by atoms with Gasteiger partial charge in [-0.25, -0.2) is 9.97 Å². The van der Waals surface area contributed by atoms with Gasteiger partial charge in [-0.2, -0.15) is 0 Å². The first-order valence-corrected chi connectivity index (χ1v) is 11.6. The number of benzene rings is 1. The third kappa shape index (κ3) is 4.28. The second-order valence-electron chi connectivity index (χ2n) is 9.69. The summed E-state index contributed by atoms with van der Waals surface area (Å²) in [5.74, 6) is -0.225. The van der Waals surface area contributed by atoms with Crippen molar-refractivity contribution in [2.75, 3.05) is 36.5 Å². The highest BCUT2D eigenvalue weighted by Crippen LogP contribution is 2.32. The second-order valence-corrected chi connectivity index (χ2v) is 9.69. The van der Waals surface area contributed by atoms with E-state index in [1.54, 1.807) is 12.5 Å². The van der Waals surface area contributed by atoms with Crippen LogP contribution in [0.1, 0.15) is 36.8 Å². The summed E-state index contributed by atoms with van der Waals surface area (Å²) >= 11 is 0. The zero-order chi connectivity index (χ0) is 23.9. The number of aromatic nitrogens is 4. The largest absolute Gasteiger partial charge is 0.378 e. The summed E-state index contributed by atoms with van der Waals surface area (Å²) in [6.45, 7) is 11.4. The lowest BCUT2D eigenvalue weighted by molar-refractivity contribution is 0.102. The van der Waals surface area contributed by atoms with Crippen LogP contribution < -0.4 is 10.2 Å². The van der Waals surface area contributed by atoms with Gasteiger partial charge in [0.2, 0.25) is 0 Å². The van der Waals surface area contributed by atoms with E-state index in [9.17, 15) is 4.79 Å². The van der Waals surface area contributed by atoms with Crippen LogP contribution in [0, 0.1) is 6.92 Å². The minimum atomic E-state index is -0.225. The fourth-order valence-electron chi connectivity index (χ4n) is 4.21. The summed E-state index contributed by atoms with van der Waals surface area (Å²) in [4.78, 5) is 24.1. The van der Waals surface area contributed by atoms with E-state index in [2.05, 4.69) is 64.5 Å². The summed E-state index contributed by atoms with van der Waals surface area (Å²) in [5, 5.41) is 3.01. The van der Waals surface area contributed by atoms with Gasteiger partial charge in [0.1, 0.15) is 5.69 Å². The molecule has 5 rings (SSSR count). The highest BCUT2D eigenvalue weighted by atomic mass is 16.5. The first-order chi connectivity index (χ1) is 16.3. The lowest BCUT2D eigenvalue weighted by Gasteiger charge is -2.29. The molecule has 0 aliphatic carbocycles. The van der Waals surface area contributed by atoms with E-state index in [4.69, 9.17) is 4.74 Å². The SMILES string of the molecule is Cc1ccc(NC(=O)c2cn(C(C)(C)C)cn2)cc1-c1cc(N2CCOCC2)c2nccn2c1. The number of imidazole rings is 2. The van der Waals surface area contributed by atoms with E-state index in [0.717, 1.165) is 46.8 Å². The van der Waals surface area contributed by atoms with Crippen molar-refractivity contribution in [3.05, 3.63) is 66.6 Å². The van der Waals surface area contributed by atoms with Crippen molar-refractivity contribution in [2.24, 2.45) is 0 Å². The number of rotatable bonds is 4.